The summed E-state index contributed by atoms with van der Waals surface area (Å²) in [7, 11) is 0. The van der Waals surface area contributed by atoms with Crippen molar-refractivity contribution in [3.63, 3.8) is 0 Å². The lowest BCUT2D eigenvalue weighted by Gasteiger charge is -2.32. The Bertz CT molecular complexity index is 194. The Hall–Kier alpha value is -0.120. The molecule has 0 spiro atoms. The maximum Gasteiger partial charge on any atom is 0.0431 e. The minimum Gasteiger partial charge on any atom is -0.396 e. The van der Waals surface area contributed by atoms with Crippen LogP contribution in [0, 0.1) is 5.41 Å². The lowest BCUT2D eigenvalue weighted by Crippen LogP contribution is -2.43. The van der Waals surface area contributed by atoms with E-state index in [0.29, 0.717) is 18.7 Å². The van der Waals surface area contributed by atoms with Crippen molar-refractivity contribution in [1.82, 2.24) is 5.32 Å². The van der Waals surface area contributed by atoms with Gasteiger partial charge in [0.2, 0.25) is 0 Å². The fourth-order valence-electron chi connectivity index (χ4n) is 2.48. The van der Waals surface area contributed by atoms with Crippen LogP contribution in [-0.4, -0.2) is 30.3 Å². The third kappa shape index (κ3) is 5.28. The van der Waals surface area contributed by atoms with E-state index in [0.717, 1.165) is 25.8 Å². The van der Waals surface area contributed by atoms with Gasteiger partial charge in [0, 0.05) is 25.2 Å². The molecule has 2 unspecified atom stereocenters. The van der Waals surface area contributed by atoms with E-state index >= 15 is 0 Å². The Kier molecular flexibility index (Phi) is 5.73. The third-order valence-electron chi connectivity index (χ3n) is 3.60. The normalized spacial score (nSPS) is 27.0. The Morgan fingerprint density at radius 2 is 2.12 bits per heavy atom. The quantitative estimate of drug-likeness (QED) is 0.648. The van der Waals surface area contributed by atoms with Crippen LogP contribution in [-0.2, 0) is 0 Å². The third-order valence-corrected chi connectivity index (χ3v) is 3.60. The number of aliphatic hydroxyl groups excluding tert-OH is 1. The molecule has 0 aromatic carbocycles. The van der Waals surface area contributed by atoms with Crippen molar-refractivity contribution in [2.24, 2.45) is 11.1 Å². The van der Waals surface area contributed by atoms with Gasteiger partial charge in [0.25, 0.3) is 0 Å². The molecule has 1 fully saturated rings. The molecule has 0 radical (unpaired) electrons. The van der Waals surface area contributed by atoms with E-state index in [9.17, 15) is 0 Å². The van der Waals surface area contributed by atoms with Gasteiger partial charge < -0.3 is 16.2 Å². The van der Waals surface area contributed by atoms with Crippen LogP contribution in [0.1, 0.15) is 52.4 Å². The first kappa shape index (κ1) is 13.9. The summed E-state index contributed by atoms with van der Waals surface area (Å²) < 4.78 is 0. The van der Waals surface area contributed by atoms with E-state index in [1.807, 2.05) is 0 Å². The summed E-state index contributed by atoms with van der Waals surface area (Å²) in [5, 5.41) is 12.5. The first-order chi connectivity index (χ1) is 7.53. The molecule has 0 heterocycles. The highest BCUT2D eigenvalue weighted by Gasteiger charge is 2.22. The largest absolute Gasteiger partial charge is 0.396 e. The standard InChI is InChI=1S/C13H28N2O/c1-13(2,7-4-8-16)10-15-12-6-3-5-11(14)9-12/h11-12,15-16H,3-10,14H2,1-2H3. The van der Waals surface area contributed by atoms with Gasteiger partial charge in [-0.25, -0.2) is 0 Å². The Morgan fingerprint density at radius 3 is 2.75 bits per heavy atom. The first-order valence-corrected chi connectivity index (χ1v) is 6.63. The van der Waals surface area contributed by atoms with Crippen LogP contribution < -0.4 is 11.1 Å². The van der Waals surface area contributed by atoms with Gasteiger partial charge in [-0.05, 0) is 37.5 Å². The molecule has 1 aliphatic rings. The second-order valence-corrected chi connectivity index (χ2v) is 6.00. The van der Waals surface area contributed by atoms with Crippen LogP contribution >= 0.6 is 0 Å². The Balaban J connectivity index is 2.21. The predicted octanol–water partition coefficient (Wildman–Crippen LogP) is 1.64. The van der Waals surface area contributed by atoms with Crippen molar-refractivity contribution in [3.8, 4) is 0 Å². The topological polar surface area (TPSA) is 58.3 Å². The van der Waals surface area contributed by atoms with Gasteiger partial charge in [0.05, 0.1) is 0 Å². The smallest absolute Gasteiger partial charge is 0.0431 e. The highest BCUT2D eigenvalue weighted by Crippen LogP contribution is 2.23. The van der Waals surface area contributed by atoms with Crippen molar-refractivity contribution in [1.29, 1.82) is 0 Å². The van der Waals surface area contributed by atoms with E-state index in [-0.39, 0.29) is 5.41 Å². The maximum atomic E-state index is 8.84. The summed E-state index contributed by atoms with van der Waals surface area (Å²) >= 11 is 0. The monoisotopic (exact) mass is 228 g/mol. The second-order valence-electron chi connectivity index (χ2n) is 6.00. The number of rotatable bonds is 6. The van der Waals surface area contributed by atoms with Crippen molar-refractivity contribution >= 4 is 0 Å². The van der Waals surface area contributed by atoms with E-state index in [2.05, 4.69) is 19.2 Å². The molecule has 2 atom stereocenters. The van der Waals surface area contributed by atoms with Gasteiger partial charge in [0.15, 0.2) is 0 Å². The fraction of sp³-hybridized carbons (Fsp3) is 1.00. The highest BCUT2D eigenvalue weighted by atomic mass is 16.2. The summed E-state index contributed by atoms with van der Waals surface area (Å²) in [5.41, 5.74) is 6.25. The van der Waals surface area contributed by atoms with E-state index in [4.69, 9.17) is 10.8 Å². The molecule has 0 aliphatic heterocycles. The summed E-state index contributed by atoms with van der Waals surface area (Å²) in [6.07, 6.45) is 6.82. The average Bonchev–Trinajstić information content (AvgIpc) is 2.24. The van der Waals surface area contributed by atoms with Crippen LogP contribution in [0.2, 0.25) is 0 Å². The van der Waals surface area contributed by atoms with Crippen molar-refractivity contribution in [2.75, 3.05) is 13.2 Å². The minimum atomic E-state index is 0.282. The zero-order valence-corrected chi connectivity index (χ0v) is 10.8. The second kappa shape index (κ2) is 6.58. The van der Waals surface area contributed by atoms with Gasteiger partial charge in [-0.15, -0.1) is 0 Å². The molecule has 4 N–H and O–H groups in total. The SMILES string of the molecule is CC(C)(CCCO)CNC1CCCC(N)C1. The van der Waals surface area contributed by atoms with Gasteiger partial charge in [-0.1, -0.05) is 20.3 Å². The maximum absolute atomic E-state index is 8.84. The van der Waals surface area contributed by atoms with Crippen molar-refractivity contribution in [3.05, 3.63) is 0 Å². The van der Waals surface area contributed by atoms with Crippen molar-refractivity contribution in [2.45, 2.75) is 64.5 Å². The molecule has 0 aromatic rings. The summed E-state index contributed by atoms with van der Waals surface area (Å²) in [5.74, 6) is 0. The molecule has 0 bridgehead atoms. The van der Waals surface area contributed by atoms with E-state index in [1.165, 1.54) is 19.3 Å². The van der Waals surface area contributed by atoms with Crippen LogP contribution in [0.3, 0.4) is 0 Å². The summed E-state index contributed by atoms with van der Waals surface area (Å²) in [4.78, 5) is 0. The molecule has 1 aliphatic carbocycles. The fourth-order valence-corrected chi connectivity index (χ4v) is 2.48. The van der Waals surface area contributed by atoms with Crippen LogP contribution in [0.4, 0.5) is 0 Å². The van der Waals surface area contributed by atoms with Gasteiger partial charge in [0.1, 0.15) is 0 Å². The van der Waals surface area contributed by atoms with Crippen LogP contribution in [0.15, 0.2) is 0 Å². The zero-order valence-electron chi connectivity index (χ0n) is 10.8. The van der Waals surface area contributed by atoms with Crippen LogP contribution in [0.25, 0.3) is 0 Å². The summed E-state index contributed by atoms with van der Waals surface area (Å²) in [6, 6.07) is 1.00. The molecule has 96 valence electrons. The van der Waals surface area contributed by atoms with E-state index < -0.39 is 0 Å². The molecular weight excluding hydrogens is 200 g/mol. The molecule has 16 heavy (non-hydrogen) atoms. The van der Waals surface area contributed by atoms with Crippen molar-refractivity contribution < 1.29 is 5.11 Å². The summed E-state index contributed by atoms with van der Waals surface area (Å²) in [6.45, 7) is 5.86. The molecule has 3 heteroatoms. The van der Waals surface area contributed by atoms with Gasteiger partial charge in [-0.2, -0.15) is 0 Å². The molecule has 1 saturated carbocycles. The average molecular weight is 228 g/mol. The van der Waals surface area contributed by atoms with Crippen LogP contribution in [0.5, 0.6) is 0 Å². The predicted molar refractivity (Wildman–Crippen MR) is 68.3 cm³/mol. The number of nitrogens with one attached hydrogen (secondary N) is 1. The number of hydrogen-bond donors (Lipinski definition) is 3. The Labute approximate surface area is 99.8 Å². The number of nitrogens with two attached hydrogens (primary N) is 1. The molecular formula is C13H28N2O. The number of hydrogen-bond acceptors (Lipinski definition) is 3. The lowest BCUT2D eigenvalue weighted by molar-refractivity contribution is 0.223. The molecule has 0 aromatic heterocycles. The minimum absolute atomic E-state index is 0.282. The first-order valence-electron chi connectivity index (χ1n) is 6.63. The molecule has 1 rings (SSSR count). The van der Waals surface area contributed by atoms with E-state index in [1.54, 1.807) is 0 Å². The lowest BCUT2D eigenvalue weighted by atomic mass is 9.86. The highest BCUT2D eigenvalue weighted by molar-refractivity contribution is 4.82. The van der Waals surface area contributed by atoms with Gasteiger partial charge in [-0.3, -0.25) is 0 Å². The zero-order chi connectivity index (χ0) is 12.0. The Morgan fingerprint density at radius 1 is 1.38 bits per heavy atom. The molecule has 3 nitrogen and oxygen atoms in total. The van der Waals surface area contributed by atoms with Gasteiger partial charge >= 0.3 is 0 Å². The molecule has 0 amide bonds. The molecule has 0 saturated heterocycles. The number of aliphatic hydroxyl groups is 1.